The van der Waals surface area contributed by atoms with Crippen LogP contribution in [0.3, 0.4) is 0 Å². The Hall–Kier alpha value is -1.75. The maximum atomic E-state index is 12.0. The van der Waals surface area contributed by atoms with Crippen molar-refractivity contribution in [2.45, 2.75) is 26.7 Å². The molecule has 0 saturated carbocycles. The number of anilines is 2. The van der Waals surface area contributed by atoms with E-state index in [-0.39, 0.29) is 17.9 Å². The molecule has 0 saturated heterocycles. The van der Waals surface area contributed by atoms with Crippen molar-refractivity contribution in [3.05, 3.63) is 23.8 Å². The number of nitrogens with two attached hydrogens (primary N) is 2. The topological polar surface area (TPSA) is 101 Å². The number of hydrogen-bond donors (Lipinski definition) is 4. The predicted molar refractivity (Wildman–Crippen MR) is 77.7 cm³/mol. The zero-order valence-electron chi connectivity index (χ0n) is 11.6. The maximum Gasteiger partial charge on any atom is 0.251 e. The summed E-state index contributed by atoms with van der Waals surface area (Å²) in [5.74, 6) is -0.184. The summed E-state index contributed by atoms with van der Waals surface area (Å²) in [6.45, 7) is 4.82. The van der Waals surface area contributed by atoms with Crippen LogP contribution in [-0.4, -0.2) is 24.2 Å². The highest BCUT2D eigenvalue weighted by molar-refractivity contribution is 5.96. The van der Waals surface area contributed by atoms with Crippen molar-refractivity contribution in [3.63, 3.8) is 0 Å². The molecule has 0 radical (unpaired) electrons. The Bertz CT molecular complexity index is 424. The van der Waals surface area contributed by atoms with Gasteiger partial charge in [-0.15, -0.1) is 0 Å². The monoisotopic (exact) mass is 265 g/mol. The van der Waals surface area contributed by atoms with E-state index in [1.54, 1.807) is 18.2 Å². The van der Waals surface area contributed by atoms with Crippen molar-refractivity contribution >= 4 is 17.3 Å². The average molecular weight is 265 g/mol. The Labute approximate surface area is 114 Å². The fourth-order valence-corrected chi connectivity index (χ4v) is 1.88. The van der Waals surface area contributed by atoms with E-state index in [0.717, 1.165) is 12.8 Å². The summed E-state index contributed by atoms with van der Waals surface area (Å²) in [5, 5.41) is 11.7. The highest BCUT2D eigenvalue weighted by Crippen LogP contribution is 2.21. The molecule has 0 heterocycles. The molecule has 106 valence electrons. The first-order chi connectivity index (χ1) is 8.84. The molecule has 0 aliphatic carbocycles. The van der Waals surface area contributed by atoms with Crippen molar-refractivity contribution in [1.82, 2.24) is 5.32 Å². The summed E-state index contributed by atoms with van der Waals surface area (Å²) < 4.78 is 0. The Balaban J connectivity index is 2.60. The third-order valence-electron chi connectivity index (χ3n) is 2.98. The lowest BCUT2D eigenvalue weighted by molar-refractivity contribution is 0.0933. The molecule has 0 aromatic heterocycles. The molecule has 0 aliphatic heterocycles. The van der Waals surface area contributed by atoms with Crippen LogP contribution in [0.2, 0.25) is 0 Å². The number of rotatable bonds is 6. The van der Waals surface area contributed by atoms with E-state index >= 15 is 0 Å². The second-order valence-electron chi connectivity index (χ2n) is 5.56. The van der Waals surface area contributed by atoms with Gasteiger partial charge in [-0.25, -0.2) is 0 Å². The Morgan fingerprint density at radius 3 is 2.37 bits per heavy atom. The lowest BCUT2D eigenvalue weighted by atomic mass is 9.88. The summed E-state index contributed by atoms with van der Waals surface area (Å²) in [6, 6.07) is 4.82. The number of carbonyl (C=O) groups excluding carboxylic acids is 1. The fraction of sp³-hybridized carbons (Fsp3) is 0.500. The number of hydrogen-bond acceptors (Lipinski definition) is 4. The van der Waals surface area contributed by atoms with Crippen LogP contribution < -0.4 is 16.8 Å². The number of nitrogens with one attached hydrogen (secondary N) is 1. The average Bonchev–Trinajstić information content (AvgIpc) is 2.32. The second kappa shape index (κ2) is 6.43. The van der Waals surface area contributed by atoms with E-state index in [4.69, 9.17) is 16.6 Å². The van der Waals surface area contributed by atoms with Crippen molar-refractivity contribution in [2.75, 3.05) is 24.6 Å². The summed E-state index contributed by atoms with van der Waals surface area (Å²) >= 11 is 0. The van der Waals surface area contributed by atoms with Gasteiger partial charge in [0.1, 0.15) is 0 Å². The van der Waals surface area contributed by atoms with Crippen LogP contribution in [0.15, 0.2) is 18.2 Å². The number of aliphatic hydroxyl groups is 1. The van der Waals surface area contributed by atoms with Gasteiger partial charge in [0, 0.05) is 30.1 Å². The van der Waals surface area contributed by atoms with Gasteiger partial charge in [-0.1, -0.05) is 13.8 Å². The van der Waals surface area contributed by atoms with Gasteiger partial charge in [-0.2, -0.15) is 0 Å². The van der Waals surface area contributed by atoms with Crippen LogP contribution in [-0.2, 0) is 0 Å². The summed E-state index contributed by atoms with van der Waals surface area (Å²) in [7, 11) is 0. The number of amides is 1. The molecule has 0 bridgehead atoms. The van der Waals surface area contributed by atoms with Crippen molar-refractivity contribution in [3.8, 4) is 0 Å². The molecule has 0 atom stereocenters. The minimum Gasteiger partial charge on any atom is -0.399 e. The first-order valence-corrected chi connectivity index (χ1v) is 6.39. The van der Waals surface area contributed by atoms with E-state index in [1.165, 1.54) is 0 Å². The highest BCUT2D eigenvalue weighted by atomic mass is 16.2. The van der Waals surface area contributed by atoms with Crippen molar-refractivity contribution in [1.29, 1.82) is 0 Å². The largest absolute Gasteiger partial charge is 0.399 e. The van der Waals surface area contributed by atoms with Gasteiger partial charge >= 0.3 is 0 Å². The van der Waals surface area contributed by atoms with Crippen LogP contribution >= 0.6 is 0 Å². The molecule has 0 spiro atoms. The van der Waals surface area contributed by atoms with Crippen LogP contribution in [0, 0.1) is 5.41 Å². The normalized spacial score (nSPS) is 11.3. The van der Waals surface area contributed by atoms with Crippen LogP contribution in [0.4, 0.5) is 11.4 Å². The minimum absolute atomic E-state index is 0.0513. The molecule has 1 aromatic rings. The van der Waals surface area contributed by atoms with E-state index in [1.807, 2.05) is 0 Å². The van der Waals surface area contributed by atoms with Gasteiger partial charge < -0.3 is 21.9 Å². The van der Waals surface area contributed by atoms with Crippen LogP contribution in [0.1, 0.15) is 37.0 Å². The minimum atomic E-state index is -0.184. The highest BCUT2D eigenvalue weighted by Gasteiger charge is 2.18. The lowest BCUT2D eigenvalue weighted by Gasteiger charge is -2.24. The molecule has 5 heteroatoms. The molecule has 0 fully saturated rings. The van der Waals surface area contributed by atoms with E-state index in [0.29, 0.717) is 23.5 Å². The Morgan fingerprint density at radius 2 is 1.84 bits per heavy atom. The van der Waals surface area contributed by atoms with E-state index in [2.05, 4.69) is 19.2 Å². The molecule has 1 aromatic carbocycles. The number of nitrogen functional groups attached to an aromatic ring is 2. The lowest BCUT2D eigenvalue weighted by Crippen LogP contribution is -2.34. The molecular weight excluding hydrogens is 242 g/mol. The van der Waals surface area contributed by atoms with Crippen LogP contribution in [0.25, 0.3) is 0 Å². The fourth-order valence-electron chi connectivity index (χ4n) is 1.88. The molecular formula is C14H23N3O2. The van der Waals surface area contributed by atoms with Gasteiger partial charge in [0.2, 0.25) is 0 Å². The third kappa shape index (κ3) is 5.18. The first-order valence-electron chi connectivity index (χ1n) is 6.39. The molecule has 5 nitrogen and oxygen atoms in total. The Kier molecular flexibility index (Phi) is 5.18. The standard InChI is InChI=1S/C14H23N3O2/c1-14(2,4-3-5-18)9-17-13(19)10-6-11(15)8-12(16)7-10/h6-8,18H,3-5,9,15-16H2,1-2H3,(H,17,19). The molecule has 19 heavy (non-hydrogen) atoms. The first kappa shape index (κ1) is 15.3. The summed E-state index contributed by atoms with van der Waals surface area (Å²) in [5.41, 5.74) is 12.7. The smallest absolute Gasteiger partial charge is 0.251 e. The van der Waals surface area contributed by atoms with Crippen molar-refractivity contribution in [2.24, 2.45) is 5.41 Å². The zero-order chi connectivity index (χ0) is 14.5. The zero-order valence-corrected chi connectivity index (χ0v) is 11.6. The number of aliphatic hydroxyl groups excluding tert-OH is 1. The SMILES string of the molecule is CC(C)(CCCO)CNC(=O)c1cc(N)cc(N)c1. The Morgan fingerprint density at radius 1 is 1.26 bits per heavy atom. The van der Waals surface area contributed by atoms with Gasteiger partial charge in [0.05, 0.1) is 0 Å². The predicted octanol–water partition coefficient (Wildman–Crippen LogP) is 1.38. The number of benzene rings is 1. The molecule has 0 aliphatic rings. The number of carbonyl (C=O) groups is 1. The molecule has 1 amide bonds. The quantitative estimate of drug-likeness (QED) is 0.584. The third-order valence-corrected chi connectivity index (χ3v) is 2.98. The van der Waals surface area contributed by atoms with Crippen molar-refractivity contribution < 1.29 is 9.90 Å². The maximum absolute atomic E-state index is 12.0. The molecule has 0 unspecified atom stereocenters. The van der Waals surface area contributed by atoms with Gasteiger partial charge in [0.25, 0.3) is 5.91 Å². The second-order valence-corrected chi connectivity index (χ2v) is 5.56. The summed E-state index contributed by atoms with van der Waals surface area (Å²) in [6.07, 6.45) is 1.58. The molecule has 1 rings (SSSR count). The van der Waals surface area contributed by atoms with Gasteiger partial charge in [-0.05, 0) is 36.5 Å². The molecule has 6 N–H and O–H groups in total. The van der Waals surface area contributed by atoms with Gasteiger partial charge in [-0.3, -0.25) is 4.79 Å². The van der Waals surface area contributed by atoms with E-state index < -0.39 is 0 Å². The van der Waals surface area contributed by atoms with Gasteiger partial charge in [0.15, 0.2) is 0 Å². The van der Waals surface area contributed by atoms with Crippen LogP contribution in [0.5, 0.6) is 0 Å². The summed E-state index contributed by atoms with van der Waals surface area (Å²) in [4.78, 5) is 12.0. The van der Waals surface area contributed by atoms with E-state index in [9.17, 15) is 4.79 Å².